The number of fused-ring (bicyclic) bond motifs is 16. The van der Waals surface area contributed by atoms with Gasteiger partial charge in [-0.05, 0) is 235 Å². The number of nitrogens with zero attached hydrogens (tertiary/aromatic N) is 6. The second kappa shape index (κ2) is 23.3. The van der Waals surface area contributed by atoms with Gasteiger partial charge in [0.15, 0.2) is 46.3 Å². The summed E-state index contributed by atoms with van der Waals surface area (Å²) in [6.07, 6.45) is 0. The van der Waals surface area contributed by atoms with E-state index in [-0.39, 0.29) is 51.2 Å². The molecule has 13 aromatic rings. The van der Waals surface area contributed by atoms with Crippen LogP contribution in [0.2, 0.25) is 0 Å². The lowest BCUT2D eigenvalue weighted by Gasteiger charge is -2.45. The molecule has 111 heavy (non-hydrogen) atoms. The molecule has 0 unspecified atom stereocenters. The molecule has 2 aromatic heterocycles. The maximum absolute atomic E-state index is 18.5. The summed E-state index contributed by atoms with van der Waals surface area (Å²) in [5.41, 5.74) is 7.78. The van der Waals surface area contributed by atoms with Crippen LogP contribution in [0.25, 0.3) is 26.8 Å². The topological polar surface area (TPSA) is 85.9 Å². The first-order valence-electron chi connectivity index (χ1n) is 37.1. The second-order valence-corrected chi connectivity index (χ2v) is 34.6. The highest BCUT2D eigenvalue weighted by Crippen LogP contribution is 2.54. The van der Waals surface area contributed by atoms with E-state index in [1.807, 2.05) is 158 Å². The fourth-order valence-corrected chi connectivity index (χ4v) is 17.7. The highest BCUT2D eigenvalue weighted by atomic mass is 19.2. The Balaban J connectivity index is 0.955. The van der Waals surface area contributed by atoms with Crippen LogP contribution < -0.4 is 78.6 Å². The first-order valence-corrected chi connectivity index (χ1v) is 37.1. The van der Waals surface area contributed by atoms with Crippen molar-refractivity contribution >= 4 is 166 Å². The van der Waals surface area contributed by atoms with Crippen LogP contribution in [0, 0.1) is 79.4 Å². The monoisotopic (exact) mass is 1480 g/mol. The Morgan fingerprint density at radius 2 is 0.775 bits per heavy atom. The molecule has 6 aliphatic heterocycles. The van der Waals surface area contributed by atoms with E-state index in [1.54, 1.807) is 64.4 Å². The van der Waals surface area contributed by atoms with Gasteiger partial charge in [0.1, 0.15) is 57.0 Å². The van der Waals surface area contributed by atoms with Crippen molar-refractivity contribution in [2.24, 2.45) is 0 Å². The van der Waals surface area contributed by atoms with Gasteiger partial charge in [-0.3, -0.25) is 0 Å². The zero-order valence-corrected chi connectivity index (χ0v) is 63.6. The first-order chi connectivity index (χ1) is 52.6. The Bertz CT molecular complexity index is 6450. The van der Waals surface area contributed by atoms with Crippen molar-refractivity contribution in [1.29, 1.82) is 5.26 Å². The Hall–Kier alpha value is -12.0. The van der Waals surface area contributed by atoms with E-state index < -0.39 is 93.9 Å². The molecule has 20 heteroatoms. The van der Waals surface area contributed by atoms with Crippen LogP contribution in [0.1, 0.15) is 128 Å². The number of ether oxygens (including phenoxy) is 2. The third-order valence-electron chi connectivity index (χ3n) is 23.1. The van der Waals surface area contributed by atoms with Crippen LogP contribution in [0.5, 0.6) is 23.0 Å². The molecule has 19 rings (SSSR count). The quantitative estimate of drug-likeness (QED) is 0.0971. The largest absolute Gasteiger partial charge is 0.468 e. The molecule has 0 saturated carbocycles. The van der Waals surface area contributed by atoms with Gasteiger partial charge in [-0.15, -0.1) is 0 Å². The van der Waals surface area contributed by atoms with Crippen molar-refractivity contribution in [1.82, 2.24) is 0 Å². The Kier molecular flexibility index (Phi) is 14.6. The minimum Gasteiger partial charge on any atom is -0.468 e. The molecule has 10 nitrogen and oxygen atoms in total. The number of rotatable bonds is 4. The van der Waals surface area contributed by atoms with E-state index in [0.717, 1.165) is 5.56 Å². The number of aryl methyl sites for hydroxylation is 3. The SMILES string of the molecule is [C-]#[N+]c1ccc2oc3c(c2c1)Oc1cc(C)cc2c1B3c1cc3c(cc1N2c1c(F)cc(C(C)(C)C)cc1F)Oc1cc(C)cc2c1B3c1cc3c(cc1N2c1c(F)cc(C(C)(C)C)cc1F)N(c1c(F)cc(C(C)(C)C)cc1F)c1cc(C)cc2c1B3c1oc3ccc(C#N)cc3c1N2c1ccc(C(C)(C)C)cc1F. The van der Waals surface area contributed by atoms with Gasteiger partial charge in [-0.1, -0.05) is 107 Å². The summed E-state index contributed by atoms with van der Waals surface area (Å²) in [7, 11) is 0. The van der Waals surface area contributed by atoms with Gasteiger partial charge in [0.05, 0.1) is 40.6 Å². The van der Waals surface area contributed by atoms with E-state index in [2.05, 4.69) is 10.9 Å². The molecule has 8 heterocycles. The lowest BCUT2D eigenvalue weighted by Crippen LogP contribution is -2.65. The Morgan fingerprint density at radius 1 is 0.360 bits per heavy atom. The lowest BCUT2D eigenvalue weighted by atomic mass is 9.30. The summed E-state index contributed by atoms with van der Waals surface area (Å²) in [5, 5.41) is 11.6. The van der Waals surface area contributed by atoms with Gasteiger partial charge in [0.25, 0.3) is 13.4 Å². The van der Waals surface area contributed by atoms with Gasteiger partial charge < -0.3 is 37.9 Å². The average molecular weight is 1480 g/mol. The average Bonchev–Trinajstić information content (AvgIpc) is 1.65. The van der Waals surface area contributed by atoms with Crippen molar-refractivity contribution in [3.05, 3.63) is 248 Å². The fourth-order valence-electron chi connectivity index (χ4n) is 17.7. The van der Waals surface area contributed by atoms with E-state index in [4.69, 9.17) is 24.9 Å². The molecule has 0 radical (unpaired) electrons. The van der Waals surface area contributed by atoms with E-state index in [1.165, 1.54) is 52.3 Å². The summed E-state index contributed by atoms with van der Waals surface area (Å²) in [6, 6.07) is 44.0. The summed E-state index contributed by atoms with van der Waals surface area (Å²) >= 11 is 0. The molecule has 0 atom stereocenters. The van der Waals surface area contributed by atoms with Gasteiger partial charge in [-0.25, -0.2) is 35.6 Å². The first kappa shape index (κ1) is 69.4. The molecule has 6 aliphatic rings. The van der Waals surface area contributed by atoms with Crippen LogP contribution in [-0.4, -0.2) is 20.1 Å². The van der Waals surface area contributed by atoms with Crippen LogP contribution in [0.15, 0.2) is 160 Å². The number of halogens is 7. The molecular formula is C91H70B3F7N6O4. The molecule has 0 saturated heterocycles. The minimum absolute atomic E-state index is 0.122. The zero-order chi connectivity index (χ0) is 77.9. The van der Waals surface area contributed by atoms with Crippen molar-refractivity contribution in [2.75, 3.05) is 19.6 Å². The molecule has 546 valence electrons. The van der Waals surface area contributed by atoms with Gasteiger partial charge >= 0.3 is 6.71 Å². The number of hydrogen-bond donors (Lipinski definition) is 0. The number of anilines is 12. The number of benzene rings is 11. The molecule has 0 bridgehead atoms. The van der Waals surface area contributed by atoms with Crippen LogP contribution >= 0.6 is 0 Å². The van der Waals surface area contributed by atoms with Crippen LogP contribution in [-0.2, 0) is 21.7 Å². The van der Waals surface area contributed by atoms with Crippen molar-refractivity contribution < 1.29 is 49.0 Å². The number of furan rings is 2. The smallest absolute Gasteiger partial charge is 0.301 e. The normalized spacial score (nSPS) is 14.2. The molecule has 0 amide bonds. The Labute approximate surface area is 638 Å². The van der Waals surface area contributed by atoms with Gasteiger partial charge in [0.2, 0.25) is 0 Å². The predicted octanol–water partition coefficient (Wildman–Crippen LogP) is 19.6. The number of hydrogen-bond acceptors (Lipinski definition) is 9. The molecule has 0 aliphatic carbocycles. The Morgan fingerprint density at radius 3 is 1.27 bits per heavy atom. The van der Waals surface area contributed by atoms with E-state index in [9.17, 15) is 5.26 Å². The van der Waals surface area contributed by atoms with Gasteiger partial charge in [0, 0.05) is 56.7 Å². The van der Waals surface area contributed by atoms with Gasteiger partial charge in [-0.2, -0.15) is 5.26 Å². The lowest BCUT2D eigenvalue weighted by molar-refractivity contribution is 0.481. The second-order valence-electron chi connectivity index (χ2n) is 34.6. The standard InChI is InChI=1S/C91H70B3F7N6O4/c1-43-23-69-78-70(24-43)105(82-59(96)31-48(32-60(82)97)89(7,8)9)67-40-66-54(38-55(67)93(78)86-81(52-29-46(42-102)17-21-73(52)110-86)104(69)65-20-18-47(30-58(65)95)88(4,5)6)92-57-39-56-68(41-75(57)108-76-27-44(2)25-71(79(76)92)106(66)83-61(98)33-49(34-62(83)99)90(10,11)12)107(84-63(100)35-50(36-64(84)101)91(13,14)15)72-26-45(3)28-77-80(72)94(56)87-85(109-77)53-37-51(103-16)19-22-74(53)111-87/h17-41H,1-15H3. The fraction of sp³-hybridized carbons (Fsp3) is 0.209. The highest BCUT2D eigenvalue weighted by molar-refractivity contribution is 7.03. The van der Waals surface area contributed by atoms with Crippen molar-refractivity contribution in [3.63, 3.8) is 0 Å². The van der Waals surface area contributed by atoms with Crippen LogP contribution in [0.3, 0.4) is 0 Å². The van der Waals surface area contributed by atoms with Crippen molar-refractivity contribution in [2.45, 2.75) is 126 Å². The summed E-state index contributed by atoms with van der Waals surface area (Å²) in [6.45, 7) is 33.5. The van der Waals surface area contributed by atoms with Crippen LogP contribution in [0.4, 0.5) is 105 Å². The third-order valence-corrected chi connectivity index (χ3v) is 23.1. The summed E-state index contributed by atoms with van der Waals surface area (Å²) < 4.78 is 156. The highest BCUT2D eigenvalue weighted by Gasteiger charge is 2.54. The summed E-state index contributed by atoms with van der Waals surface area (Å²) in [4.78, 5) is 10.2. The zero-order valence-electron chi connectivity index (χ0n) is 63.6. The van der Waals surface area contributed by atoms with E-state index >= 15 is 30.7 Å². The third kappa shape index (κ3) is 10.1. The molecule has 0 N–H and O–H groups in total. The molecular weight excluding hydrogens is 1410 g/mol. The molecule has 0 spiro atoms. The maximum Gasteiger partial charge on any atom is 0.301 e. The van der Waals surface area contributed by atoms with Crippen molar-refractivity contribution in [3.8, 4) is 29.1 Å². The summed E-state index contributed by atoms with van der Waals surface area (Å²) in [5.74, 6) is -4.70. The van der Waals surface area contributed by atoms with E-state index in [0.29, 0.717) is 145 Å². The predicted molar refractivity (Wildman–Crippen MR) is 431 cm³/mol. The molecule has 0 fully saturated rings. The minimum atomic E-state index is -1.04. The number of nitriles is 1. The molecule has 11 aromatic carbocycles. The maximum atomic E-state index is 18.5.